The highest BCUT2D eigenvalue weighted by Crippen LogP contribution is 2.24. The molecule has 0 fully saturated rings. The molecule has 7 nitrogen and oxygen atoms in total. The molecule has 0 saturated heterocycles. The van der Waals surface area contributed by atoms with Gasteiger partial charge >= 0.3 is 11.0 Å². The van der Waals surface area contributed by atoms with Crippen LogP contribution in [0.2, 0.25) is 0 Å². The topological polar surface area (TPSA) is 98.5 Å². The first kappa shape index (κ1) is 17.6. The van der Waals surface area contributed by atoms with Crippen molar-refractivity contribution in [2.24, 2.45) is 0 Å². The zero-order valence-electron chi connectivity index (χ0n) is 13.2. The Hall–Kier alpha value is -2.74. The number of aryl methyl sites for hydroxylation is 2. The fourth-order valence-electron chi connectivity index (χ4n) is 2.12. The van der Waals surface area contributed by atoms with Gasteiger partial charge in [-0.1, -0.05) is 36.5 Å². The number of benzene rings is 1. The number of esters is 1. The molecule has 24 heavy (non-hydrogen) atoms. The summed E-state index contributed by atoms with van der Waals surface area (Å²) in [6, 6.07) is 8.24. The molecule has 0 aliphatic rings. The van der Waals surface area contributed by atoms with Crippen LogP contribution in [0.3, 0.4) is 0 Å². The summed E-state index contributed by atoms with van der Waals surface area (Å²) in [5.74, 6) is -1.22. The molecule has 1 aromatic carbocycles. The van der Waals surface area contributed by atoms with Gasteiger partial charge in [-0.2, -0.15) is 0 Å². The van der Waals surface area contributed by atoms with Gasteiger partial charge in [0.15, 0.2) is 6.61 Å². The normalized spacial score (nSPS) is 10.2. The third-order valence-electron chi connectivity index (χ3n) is 3.31. The number of carbonyl (C=O) groups excluding carboxylic acids is 2. The van der Waals surface area contributed by atoms with E-state index in [1.165, 1.54) is 12.1 Å². The van der Waals surface area contributed by atoms with Crippen LogP contribution in [-0.2, 0) is 16.0 Å². The molecule has 0 spiro atoms. The summed E-state index contributed by atoms with van der Waals surface area (Å²) in [5.41, 5.74) is 2.62. The number of nitrogens with one attached hydrogen (secondary N) is 1. The summed E-state index contributed by atoms with van der Waals surface area (Å²) in [6.07, 6.45) is 0.760. The zero-order valence-corrected chi connectivity index (χ0v) is 14.0. The molecular weight excluding hydrogens is 332 g/mol. The fraction of sp³-hybridized carbons (Fsp3) is 0.250. The maximum atomic E-state index is 12.0. The number of carbonyl (C=O) groups is 2. The Balaban J connectivity index is 1.96. The van der Waals surface area contributed by atoms with E-state index < -0.39 is 23.4 Å². The number of thiophene rings is 1. The second-order valence-electron chi connectivity index (χ2n) is 4.98. The minimum atomic E-state index is -0.760. The van der Waals surface area contributed by atoms with E-state index in [0.29, 0.717) is 17.0 Å². The Morgan fingerprint density at radius 2 is 2.04 bits per heavy atom. The average molecular weight is 348 g/mol. The van der Waals surface area contributed by atoms with Gasteiger partial charge in [-0.25, -0.2) is 4.79 Å². The lowest BCUT2D eigenvalue weighted by Gasteiger charge is -2.12. The lowest BCUT2D eigenvalue weighted by molar-refractivity contribution is -0.380. The summed E-state index contributed by atoms with van der Waals surface area (Å²) < 4.78 is 4.91. The number of hydrogen-bond acceptors (Lipinski definition) is 6. The fourth-order valence-corrected chi connectivity index (χ4v) is 2.83. The number of nitro groups is 1. The largest absolute Gasteiger partial charge is 0.451 e. The first-order valence-corrected chi connectivity index (χ1v) is 8.03. The van der Waals surface area contributed by atoms with Crippen LogP contribution in [0.1, 0.15) is 27.7 Å². The molecule has 1 heterocycles. The van der Waals surface area contributed by atoms with Crippen LogP contribution in [0.15, 0.2) is 30.3 Å². The van der Waals surface area contributed by atoms with E-state index in [1.807, 2.05) is 32.0 Å². The highest BCUT2D eigenvalue weighted by molar-refractivity contribution is 7.17. The predicted octanol–water partition coefficient (Wildman–Crippen LogP) is 3.32. The molecule has 1 aromatic heterocycles. The van der Waals surface area contributed by atoms with E-state index in [9.17, 15) is 19.7 Å². The van der Waals surface area contributed by atoms with Gasteiger partial charge in [0.05, 0.1) is 4.92 Å². The molecular formula is C16H16N2O5S. The first-order valence-electron chi connectivity index (χ1n) is 7.22. The summed E-state index contributed by atoms with van der Waals surface area (Å²) in [5, 5.41) is 13.2. The summed E-state index contributed by atoms with van der Waals surface area (Å²) >= 11 is 0.708. The minimum absolute atomic E-state index is 0.0830. The van der Waals surface area contributed by atoms with Crippen molar-refractivity contribution in [2.45, 2.75) is 20.3 Å². The molecule has 8 heteroatoms. The molecule has 0 atom stereocenters. The van der Waals surface area contributed by atoms with Crippen LogP contribution >= 0.6 is 11.3 Å². The molecule has 0 aliphatic carbocycles. The third kappa shape index (κ3) is 4.17. The Morgan fingerprint density at radius 1 is 1.29 bits per heavy atom. The van der Waals surface area contributed by atoms with Crippen LogP contribution in [0, 0.1) is 17.0 Å². The van der Waals surface area contributed by atoms with E-state index in [-0.39, 0.29) is 9.88 Å². The van der Waals surface area contributed by atoms with E-state index in [0.717, 1.165) is 17.5 Å². The number of anilines is 1. The lowest BCUT2D eigenvalue weighted by Crippen LogP contribution is -2.21. The van der Waals surface area contributed by atoms with Crippen LogP contribution in [0.5, 0.6) is 0 Å². The second kappa shape index (κ2) is 7.69. The Bertz CT molecular complexity index is 785. The summed E-state index contributed by atoms with van der Waals surface area (Å²) in [4.78, 5) is 33.9. The first-order chi connectivity index (χ1) is 11.4. The van der Waals surface area contributed by atoms with Crippen molar-refractivity contribution >= 4 is 33.9 Å². The van der Waals surface area contributed by atoms with Crippen LogP contribution < -0.4 is 5.32 Å². The Kier molecular flexibility index (Phi) is 5.64. The number of nitrogens with zero attached hydrogens (tertiary/aromatic N) is 1. The van der Waals surface area contributed by atoms with Crippen molar-refractivity contribution in [1.29, 1.82) is 0 Å². The number of hydrogen-bond donors (Lipinski definition) is 1. The molecule has 1 N–H and O–H groups in total. The molecule has 126 valence electrons. The maximum absolute atomic E-state index is 12.0. The predicted molar refractivity (Wildman–Crippen MR) is 90.4 cm³/mol. The maximum Gasteiger partial charge on any atom is 0.349 e. The molecule has 1 amide bonds. The molecule has 0 saturated carbocycles. The monoisotopic (exact) mass is 348 g/mol. The Morgan fingerprint density at radius 3 is 2.67 bits per heavy atom. The molecule has 2 aromatic rings. The van der Waals surface area contributed by atoms with Crippen molar-refractivity contribution in [3.63, 3.8) is 0 Å². The average Bonchev–Trinajstić information content (AvgIpc) is 3.05. The number of ether oxygens (including phenoxy) is 1. The number of rotatable bonds is 6. The molecule has 0 bridgehead atoms. The standard InChI is InChI=1S/C16H16N2O5S/c1-3-11-6-4-5-10(2)15(11)17-13(19)9-23-16(20)12-7-8-14(24-12)18(21)22/h4-8H,3,9H2,1-2H3,(H,17,19). The Labute approximate surface area is 142 Å². The van der Waals surface area contributed by atoms with Crippen LogP contribution in [0.25, 0.3) is 0 Å². The van der Waals surface area contributed by atoms with Crippen LogP contribution in [0.4, 0.5) is 10.7 Å². The van der Waals surface area contributed by atoms with Gasteiger partial charge in [0.2, 0.25) is 0 Å². The number of amides is 1. The van der Waals surface area contributed by atoms with Crippen molar-refractivity contribution in [2.75, 3.05) is 11.9 Å². The highest BCUT2D eigenvalue weighted by Gasteiger charge is 2.18. The van der Waals surface area contributed by atoms with Gasteiger partial charge in [-0.05, 0) is 30.5 Å². The smallest absolute Gasteiger partial charge is 0.349 e. The second-order valence-corrected chi connectivity index (χ2v) is 6.04. The quantitative estimate of drug-likeness (QED) is 0.490. The van der Waals surface area contributed by atoms with Gasteiger partial charge in [-0.3, -0.25) is 14.9 Å². The minimum Gasteiger partial charge on any atom is -0.451 e. The van der Waals surface area contributed by atoms with Crippen molar-refractivity contribution in [3.05, 3.63) is 56.5 Å². The molecule has 0 aliphatic heterocycles. The van der Waals surface area contributed by atoms with Gasteiger partial charge < -0.3 is 10.1 Å². The van der Waals surface area contributed by atoms with Crippen molar-refractivity contribution in [3.8, 4) is 0 Å². The summed E-state index contributed by atoms with van der Waals surface area (Å²) in [7, 11) is 0. The van der Waals surface area contributed by atoms with E-state index in [4.69, 9.17) is 4.74 Å². The lowest BCUT2D eigenvalue weighted by atomic mass is 10.1. The number of para-hydroxylation sites is 1. The highest BCUT2D eigenvalue weighted by atomic mass is 32.1. The van der Waals surface area contributed by atoms with E-state index in [2.05, 4.69) is 5.32 Å². The SMILES string of the molecule is CCc1cccc(C)c1NC(=O)COC(=O)c1ccc([N+](=O)[O-])s1. The summed E-state index contributed by atoms with van der Waals surface area (Å²) in [6.45, 7) is 3.40. The van der Waals surface area contributed by atoms with E-state index >= 15 is 0 Å². The molecule has 2 rings (SSSR count). The van der Waals surface area contributed by atoms with Gasteiger partial charge in [-0.15, -0.1) is 0 Å². The zero-order chi connectivity index (χ0) is 17.7. The van der Waals surface area contributed by atoms with E-state index in [1.54, 1.807) is 0 Å². The van der Waals surface area contributed by atoms with Crippen molar-refractivity contribution in [1.82, 2.24) is 0 Å². The molecule has 0 unspecified atom stereocenters. The van der Waals surface area contributed by atoms with Crippen LogP contribution in [-0.4, -0.2) is 23.4 Å². The van der Waals surface area contributed by atoms with Crippen molar-refractivity contribution < 1.29 is 19.2 Å². The van der Waals surface area contributed by atoms with Gasteiger partial charge in [0, 0.05) is 11.8 Å². The third-order valence-corrected chi connectivity index (χ3v) is 4.33. The van der Waals surface area contributed by atoms with Gasteiger partial charge in [0.1, 0.15) is 4.88 Å². The van der Waals surface area contributed by atoms with Gasteiger partial charge in [0.25, 0.3) is 5.91 Å². The molecule has 0 radical (unpaired) electrons.